The average molecular weight is 854 g/mol. The van der Waals surface area contributed by atoms with Crippen molar-refractivity contribution in [2.24, 2.45) is 0 Å². The molecule has 0 aliphatic carbocycles. The predicted octanol–water partition coefficient (Wildman–Crippen LogP) is 11.7. The molecular weight excluding hydrogens is 755 g/mol. The van der Waals surface area contributed by atoms with Crippen molar-refractivity contribution >= 4 is 5.91 Å². The number of nitrogens with one attached hydrogen (secondary N) is 1. The van der Waals surface area contributed by atoms with Crippen molar-refractivity contribution in [2.45, 2.75) is 294 Å². The molecule has 1 heterocycles. The van der Waals surface area contributed by atoms with Crippen LogP contribution < -0.4 is 5.32 Å². The number of hydrogen-bond acceptors (Lipinski definition) is 8. The summed E-state index contributed by atoms with van der Waals surface area (Å²) in [6.07, 6.45) is 42.9. The molecule has 0 aromatic heterocycles. The van der Waals surface area contributed by atoms with Gasteiger partial charge in [-0.2, -0.15) is 0 Å². The summed E-state index contributed by atoms with van der Waals surface area (Å²) in [6.45, 7) is 3.77. The molecule has 0 bridgehead atoms. The summed E-state index contributed by atoms with van der Waals surface area (Å²) in [6, 6.07) is -0.798. The SMILES string of the molecule is CCCCCCCCCCCCCCCCCCCCCCCCCCCC/C=C/C(O)C(COC1OC(CO)C(O)C(O)C1O)NC(=O)CCCCCCCCCCC. The Bertz CT molecular complexity index is 950. The van der Waals surface area contributed by atoms with Gasteiger partial charge in [-0.15, -0.1) is 0 Å². The standard InChI is InChI=1S/C51H99NO8/c1-3-5-7-9-11-13-14-15-16-17-18-19-20-21-22-23-24-25-26-27-28-29-30-31-33-34-36-38-40-45(54)44(43-59-51-50(58)49(57)48(56)46(42-53)60-51)52-47(55)41-39-37-35-32-12-10-8-6-4-2/h38,40,44-46,48-51,53-54,56-58H,3-37,39,41-43H2,1-2H3,(H,52,55)/b40-38+. The van der Waals surface area contributed by atoms with Gasteiger partial charge in [-0.3, -0.25) is 4.79 Å². The van der Waals surface area contributed by atoms with Gasteiger partial charge in [0, 0.05) is 6.42 Å². The topological polar surface area (TPSA) is 149 Å². The van der Waals surface area contributed by atoms with Gasteiger partial charge >= 0.3 is 0 Å². The van der Waals surface area contributed by atoms with Crippen molar-refractivity contribution in [3.05, 3.63) is 12.2 Å². The highest BCUT2D eigenvalue weighted by Crippen LogP contribution is 2.23. The van der Waals surface area contributed by atoms with Crippen LogP contribution in [-0.4, -0.2) is 87.5 Å². The summed E-state index contributed by atoms with van der Waals surface area (Å²) in [5.74, 6) is -0.178. The number of rotatable bonds is 44. The van der Waals surface area contributed by atoms with Crippen molar-refractivity contribution < 1.29 is 39.8 Å². The fourth-order valence-electron chi connectivity index (χ4n) is 8.45. The molecule has 60 heavy (non-hydrogen) atoms. The molecule has 0 aromatic rings. The van der Waals surface area contributed by atoms with Gasteiger partial charge in [0.05, 0.1) is 25.4 Å². The number of unbranched alkanes of at least 4 members (excludes halogenated alkanes) is 34. The lowest BCUT2D eigenvalue weighted by Gasteiger charge is -2.40. The molecular formula is C51H99NO8. The van der Waals surface area contributed by atoms with Gasteiger partial charge in [0.25, 0.3) is 0 Å². The minimum absolute atomic E-state index is 0.178. The number of allylic oxidation sites excluding steroid dienone is 1. The Labute approximate surface area is 369 Å². The fraction of sp³-hybridized carbons (Fsp3) is 0.941. The molecule has 1 aliphatic rings. The highest BCUT2D eigenvalue weighted by molar-refractivity contribution is 5.76. The lowest BCUT2D eigenvalue weighted by Crippen LogP contribution is -2.60. The zero-order valence-electron chi connectivity index (χ0n) is 39.2. The van der Waals surface area contributed by atoms with Crippen molar-refractivity contribution in [1.29, 1.82) is 0 Å². The molecule has 1 rings (SSSR count). The molecule has 1 fully saturated rings. The third kappa shape index (κ3) is 31.7. The first-order chi connectivity index (χ1) is 29.3. The summed E-state index contributed by atoms with van der Waals surface area (Å²) in [5, 5.41) is 54.2. The summed E-state index contributed by atoms with van der Waals surface area (Å²) in [4.78, 5) is 12.9. The van der Waals surface area contributed by atoms with E-state index in [9.17, 15) is 30.3 Å². The smallest absolute Gasteiger partial charge is 0.220 e. The molecule has 1 saturated heterocycles. The minimum atomic E-state index is -1.56. The number of amides is 1. The van der Waals surface area contributed by atoms with Gasteiger partial charge in [0.2, 0.25) is 5.91 Å². The Morgan fingerprint density at radius 2 is 0.917 bits per heavy atom. The molecule has 1 aliphatic heterocycles. The van der Waals surface area contributed by atoms with Crippen molar-refractivity contribution in [3.63, 3.8) is 0 Å². The number of aliphatic hydroxyl groups is 5. The normalized spacial score (nSPS) is 20.6. The second-order valence-electron chi connectivity index (χ2n) is 18.3. The molecule has 7 atom stereocenters. The molecule has 9 heteroatoms. The Morgan fingerprint density at radius 3 is 1.30 bits per heavy atom. The number of hydrogen-bond donors (Lipinski definition) is 6. The van der Waals surface area contributed by atoms with E-state index in [4.69, 9.17) is 9.47 Å². The van der Waals surface area contributed by atoms with Crippen LogP contribution in [0, 0.1) is 0 Å². The van der Waals surface area contributed by atoms with Crippen LogP contribution in [0.1, 0.15) is 251 Å². The van der Waals surface area contributed by atoms with E-state index in [2.05, 4.69) is 19.2 Å². The van der Waals surface area contributed by atoms with Gasteiger partial charge in [0.15, 0.2) is 6.29 Å². The summed E-state index contributed by atoms with van der Waals surface area (Å²) in [5.41, 5.74) is 0. The van der Waals surface area contributed by atoms with E-state index in [0.717, 1.165) is 38.5 Å². The van der Waals surface area contributed by atoms with E-state index in [0.29, 0.717) is 6.42 Å². The van der Waals surface area contributed by atoms with Crippen LogP contribution in [0.15, 0.2) is 12.2 Å². The second kappa shape index (κ2) is 41.9. The molecule has 356 valence electrons. The number of ether oxygens (including phenoxy) is 2. The van der Waals surface area contributed by atoms with Gasteiger partial charge in [-0.05, 0) is 19.3 Å². The van der Waals surface area contributed by atoms with Crippen LogP contribution in [0.4, 0.5) is 0 Å². The molecule has 1 amide bonds. The number of carbonyl (C=O) groups excluding carboxylic acids is 1. The molecule has 0 aromatic carbocycles. The first-order valence-corrected chi connectivity index (χ1v) is 25.9. The third-order valence-electron chi connectivity index (χ3n) is 12.6. The van der Waals surface area contributed by atoms with E-state index in [1.54, 1.807) is 6.08 Å². The Hall–Kier alpha value is -1.07. The summed E-state index contributed by atoms with van der Waals surface area (Å²) < 4.78 is 11.2. The fourth-order valence-corrected chi connectivity index (χ4v) is 8.45. The van der Waals surface area contributed by atoms with Crippen molar-refractivity contribution in [1.82, 2.24) is 5.32 Å². The Kier molecular flexibility index (Phi) is 39.8. The van der Waals surface area contributed by atoms with E-state index in [1.165, 1.54) is 193 Å². The Balaban J connectivity index is 2.16. The van der Waals surface area contributed by atoms with Crippen LogP contribution in [0.25, 0.3) is 0 Å². The largest absolute Gasteiger partial charge is 0.394 e. The van der Waals surface area contributed by atoms with Gasteiger partial charge in [-0.25, -0.2) is 0 Å². The minimum Gasteiger partial charge on any atom is -0.394 e. The van der Waals surface area contributed by atoms with Crippen LogP contribution in [0.3, 0.4) is 0 Å². The quantitative estimate of drug-likeness (QED) is 0.0262. The maximum absolute atomic E-state index is 12.9. The van der Waals surface area contributed by atoms with E-state index >= 15 is 0 Å². The van der Waals surface area contributed by atoms with Crippen LogP contribution in [-0.2, 0) is 14.3 Å². The molecule has 9 nitrogen and oxygen atoms in total. The molecule has 0 saturated carbocycles. The summed E-state index contributed by atoms with van der Waals surface area (Å²) in [7, 11) is 0. The van der Waals surface area contributed by atoms with E-state index in [1.807, 2.05) is 6.08 Å². The number of aliphatic hydroxyl groups excluding tert-OH is 5. The van der Waals surface area contributed by atoms with Gasteiger partial charge in [-0.1, -0.05) is 238 Å². The maximum Gasteiger partial charge on any atom is 0.220 e. The first kappa shape index (κ1) is 56.9. The van der Waals surface area contributed by atoms with Crippen molar-refractivity contribution in [2.75, 3.05) is 13.2 Å². The zero-order valence-corrected chi connectivity index (χ0v) is 39.2. The van der Waals surface area contributed by atoms with E-state index < -0.39 is 49.5 Å². The molecule has 7 unspecified atom stereocenters. The predicted molar refractivity (Wildman–Crippen MR) is 249 cm³/mol. The monoisotopic (exact) mass is 854 g/mol. The molecule has 6 N–H and O–H groups in total. The average Bonchev–Trinajstić information content (AvgIpc) is 3.25. The van der Waals surface area contributed by atoms with Crippen LogP contribution in [0.5, 0.6) is 0 Å². The number of carbonyl (C=O) groups is 1. The van der Waals surface area contributed by atoms with Crippen LogP contribution >= 0.6 is 0 Å². The van der Waals surface area contributed by atoms with Crippen molar-refractivity contribution in [3.8, 4) is 0 Å². The third-order valence-corrected chi connectivity index (χ3v) is 12.6. The highest BCUT2D eigenvalue weighted by Gasteiger charge is 2.44. The summed E-state index contributed by atoms with van der Waals surface area (Å²) >= 11 is 0. The lowest BCUT2D eigenvalue weighted by molar-refractivity contribution is -0.302. The lowest BCUT2D eigenvalue weighted by atomic mass is 9.99. The maximum atomic E-state index is 12.9. The molecule has 0 spiro atoms. The zero-order chi connectivity index (χ0) is 43.7. The van der Waals surface area contributed by atoms with E-state index in [-0.39, 0.29) is 12.5 Å². The van der Waals surface area contributed by atoms with Crippen LogP contribution in [0.2, 0.25) is 0 Å². The Morgan fingerprint density at radius 1 is 0.550 bits per heavy atom. The van der Waals surface area contributed by atoms with Gasteiger partial charge < -0.3 is 40.3 Å². The first-order valence-electron chi connectivity index (χ1n) is 25.9. The molecule has 0 radical (unpaired) electrons. The highest BCUT2D eigenvalue weighted by atomic mass is 16.7. The van der Waals surface area contributed by atoms with Gasteiger partial charge in [0.1, 0.15) is 24.4 Å². The second-order valence-corrected chi connectivity index (χ2v) is 18.3.